The molecule has 0 aromatic heterocycles. The molecule has 2 aromatic carbocycles. The summed E-state index contributed by atoms with van der Waals surface area (Å²) in [6, 6.07) is 13.1. The monoisotopic (exact) mass is 319 g/mol. The second-order valence-corrected chi connectivity index (χ2v) is 4.75. The van der Waals surface area contributed by atoms with Crippen molar-refractivity contribution in [3.8, 4) is 11.5 Å². The average molecular weight is 320 g/mol. The molecule has 1 amide bonds. The second kappa shape index (κ2) is 7.47. The fourth-order valence-corrected chi connectivity index (χ4v) is 1.84. The van der Waals surface area contributed by atoms with Crippen LogP contribution < -0.4 is 14.8 Å². The largest absolute Gasteiger partial charge is 0.493 e. The van der Waals surface area contributed by atoms with Crippen LogP contribution in [0.25, 0.3) is 0 Å². The van der Waals surface area contributed by atoms with Gasteiger partial charge in [0.2, 0.25) is 0 Å². The summed E-state index contributed by atoms with van der Waals surface area (Å²) in [5.41, 5.74) is 0.412. The van der Waals surface area contributed by atoms with Crippen LogP contribution in [0.15, 0.2) is 48.5 Å². The van der Waals surface area contributed by atoms with Crippen molar-refractivity contribution in [2.24, 2.45) is 0 Å². The van der Waals surface area contributed by atoms with E-state index in [4.69, 9.17) is 21.1 Å². The van der Waals surface area contributed by atoms with Crippen molar-refractivity contribution in [1.29, 1.82) is 0 Å². The fourth-order valence-electron chi connectivity index (χ4n) is 1.72. The summed E-state index contributed by atoms with van der Waals surface area (Å²) in [5.74, 6) is -0.226. The van der Waals surface area contributed by atoms with Crippen molar-refractivity contribution < 1.29 is 19.1 Å². The van der Waals surface area contributed by atoms with Crippen LogP contribution in [0.2, 0.25) is 5.02 Å². The van der Waals surface area contributed by atoms with Crippen LogP contribution in [0.5, 0.6) is 11.5 Å². The molecule has 0 spiro atoms. The molecule has 22 heavy (non-hydrogen) atoms. The summed E-state index contributed by atoms with van der Waals surface area (Å²) < 4.78 is 10.2. The number of rotatable bonds is 5. The van der Waals surface area contributed by atoms with E-state index in [1.54, 1.807) is 48.5 Å². The van der Waals surface area contributed by atoms with E-state index in [1.165, 1.54) is 7.11 Å². The molecule has 0 unspecified atom stereocenters. The first kappa shape index (κ1) is 15.9. The lowest BCUT2D eigenvalue weighted by molar-refractivity contribution is -0.133. The standard InChI is InChI=1S/C16H14ClNO4/c1-21-13-4-2-3-5-14(13)22-15(19)10-18-16(20)11-6-8-12(17)9-7-11/h2-9H,10H2,1H3,(H,18,20). The van der Waals surface area contributed by atoms with Gasteiger partial charge in [-0.15, -0.1) is 0 Å². The summed E-state index contributed by atoms with van der Waals surface area (Å²) in [4.78, 5) is 23.6. The molecule has 0 saturated carbocycles. The molecule has 2 rings (SSSR count). The van der Waals surface area contributed by atoms with Gasteiger partial charge in [0.25, 0.3) is 5.91 Å². The molecular weight excluding hydrogens is 306 g/mol. The number of carbonyl (C=O) groups is 2. The molecule has 0 aliphatic heterocycles. The number of nitrogens with one attached hydrogen (secondary N) is 1. The first-order valence-electron chi connectivity index (χ1n) is 6.47. The molecule has 0 atom stereocenters. The third-order valence-corrected chi connectivity index (χ3v) is 3.04. The van der Waals surface area contributed by atoms with Crippen LogP contribution in [0.3, 0.4) is 0 Å². The maximum atomic E-state index is 11.8. The molecule has 0 fully saturated rings. The van der Waals surface area contributed by atoms with E-state index in [0.29, 0.717) is 22.1 Å². The zero-order valence-electron chi connectivity index (χ0n) is 11.8. The molecule has 114 valence electrons. The van der Waals surface area contributed by atoms with E-state index in [0.717, 1.165) is 0 Å². The molecule has 0 aliphatic rings. The van der Waals surface area contributed by atoms with Gasteiger partial charge in [0.05, 0.1) is 7.11 Å². The number of ether oxygens (including phenoxy) is 2. The van der Waals surface area contributed by atoms with Gasteiger partial charge in [0.1, 0.15) is 6.54 Å². The quantitative estimate of drug-likeness (QED) is 0.680. The molecule has 6 heteroatoms. The molecule has 0 saturated heterocycles. The van der Waals surface area contributed by atoms with Crippen molar-refractivity contribution in [2.75, 3.05) is 13.7 Å². The van der Waals surface area contributed by atoms with Crippen molar-refractivity contribution in [2.45, 2.75) is 0 Å². The van der Waals surface area contributed by atoms with Crippen LogP contribution in [0, 0.1) is 0 Å². The Morgan fingerprint density at radius 2 is 1.68 bits per heavy atom. The van der Waals surface area contributed by atoms with Crippen molar-refractivity contribution >= 4 is 23.5 Å². The molecule has 2 aromatic rings. The SMILES string of the molecule is COc1ccccc1OC(=O)CNC(=O)c1ccc(Cl)cc1. The number of amides is 1. The van der Waals surface area contributed by atoms with Crippen LogP contribution in [-0.4, -0.2) is 25.5 Å². The third kappa shape index (κ3) is 4.23. The lowest BCUT2D eigenvalue weighted by Gasteiger charge is -2.09. The van der Waals surface area contributed by atoms with E-state index in [9.17, 15) is 9.59 Å². The molecule has 5 nitrogen and oxygen atoms in total. The number of carbonyl (C=O) groups excluding carboxylic acids is 2. The summed E-state index contributed by atoms with van der Waals surface area (Å²) in [6.07, 6.45) is 0. The van der Waals surface area contributed by atoms with Crippen molar-refractivity contribution in [3.05, 3.63) is 59.1 Å². The zero-order valence-corrected chi connectivity index (χ0v) is 12.6. The second-order valence-electron chi connectivity index (χ2n) is 4.31. The van der Waals surface area contributed by atoms with Crippen LogP contribution in [0.4, 0.5) is 0 Å². The number of para-hydroxylation sites is 2. The Balaban J connectivity index is 1.90. The van der Waals surface area contributed by atoms with Gasteiger partial charge in [-0.05, 0) is 36.4 Å². The van der Waals surface area contributed by atoms with Gasteiger partial charge in [-0.25, -0.2) is 4.79 Å². The Morgan fingerprint density at radius 3 is 2.32 bits per heavy atom. The average Bonchev–Trinajstić information content (AvgIpc) is 2.54. The van der Waals surface area contributed by atoms with E-state index in [2.05, 4.69) is 5.32 Å². The maximum absolute atomic E-state index is 11.8. The number of hydrogen-bond acceptors (Lipinski definition) is 4. The Morgan fingerprint density at radius 1 is 1.05 bits per heavy atom. The predicted molar refractivity (Wildman–Crippen MR) is 82.4 cm³/mol. The Labute approximate surface area is 132 Å². The summed E-state index contributed by atoms with van der Waals surface area (Å²) in [6.45, 7) is -0.250. The first-order valence-corrected chi connectivity index (χ1v) is 6.85. The Hall–Kier alpha value is -2.53. The highest BCUT2D eigenvalue weighted by atomic mass is 35.5. The number of benzene rings is 2. The van der Waals surface area contributed by atoms with Crippen molar-refractivity contribution in [1.82, 2.24) is 5.32 Å². The molecule has 0 heterocycles. The van der Waals surface area contributed by atoms with E-state index in [1.807, 2.05) is 0 Å². The lowest BCUT2D eigenvalue weighted by atomic mass is 10.2. The summed E-state index contributed by atoms with van der Waals surface area (Å²) in [7, 11) is 1.48. The van der Waals surface area contributed by atoms with Crippen molar-refractivity contribution in [3.63, 3.8) is 0 Å². The van der Waals surface area contributed by atoms with E-state index < -0.39 is 5.97 Å². The molecular formula is C16H14ClNO4. The van der Waals surface area contributed by atoms with Crippen LogP contribution in [-0.2, 0) is 4.79 Å². The van der Waals surface area contributed by atoms with Crippen LogP contribution in [0.1, 0.15) is 10.4 Å². The zero-order chi connectivity index (χ0) is 15.9. The number of hydrogen-bond donors (Lipinski definition) is 1. The fraction of sp³-hybridized carbons (Fsp3) is 0.125. The number of methoxy groups -OCH3 is 1. The highest BCUT2D eigenvalue weighted by Gasteiger charge is 2.11. The van der Waals surface area contributed by atoms with Crippen LogP contribution >= 0.6 is 11.6 Å². The van der Waals surface area contributed by atoms with Gasteiger partial charge in [-0.1, -0.05) is 23.7 Å². The van der Waals surface area contributed by atoms with Gasteiger partial charge in [-0.2, -0.15) is 0 Å². The lowest BCUT2D eigenvalue weighted by Crippen LogP contribution is -2.31. The first-order chi connectivity index (χ1) is 10.6. The number of halogens is 1. The van der Waals surface area contributed by atoms with Gasteiger partial charge in [0, 0.05) is 10.6 Å². The minimum Gasteiger partial charge on any atom is -0.493 e. The summed E-state index contributed by atoms with van der Waals surface area (Å²) in [5, 5.41) is 3.01. The third-order valence-electron chi connectivity index (χ3n) is 2.79. The highest BCUT2D eigenvalue weighted by molar-refractivity contribution is 6.30. The minimum atomic E-state index is -0.591. The summed E-state index contributed by atoms with van der Waals surface area (Å²) >= 11 is 5.75. The van der Waals surface area contributed by atoms with Gasteiger partial charge < -0.3 is 14.8 Å². The van der Waals surface area contributed by atoms with Gasteiger partial charge in [-0.3, -0.25) is 4.79 Å². The van der Waals surface area contributed by atoms with E-state index >= 15 is 0 Å². The topological polar surface area (TPSA) is 64.6 Å². The molecule has 0 bridgehead atoms. The Bertz CT molecular complexity index is 670. The molecule has 0 aliphatic carbocycles. The highest BCUT2D eigenvalue weighted by Crippen LogP contribution is 2.25. The van der Waals surface area contributed by atoms with Gasteiger partial charge >= 0.3 is 5.97 Å². The predicted octanol–water partition coefficient (Wildman–Crippen LogP) is 2.68. The van der Waals surface area contributed by atoms with Gasteiger partial charge in [0.15, 0.2) is 11.5 Å². The Kier molecular flexibility index (Phi) is 5.38. The number of esters is 1. The maximum Gasteiger partial charge on any atom is 0.330 e. The normalized spacial score (nSPS) is 9.91. The smallest absolute Gasteiger partial charge is 0.330 e. The molecule has 1 N–H and O–H groups in total. The molecule has 0 radical (unpaired) electrons. The minimum absolute atomic E-state index is 0.250. The van der Waals surface area contributed by atoms with E-state index in [-0.39, 0.29) is 12.5 Å².